The summed E-state index contributed by atoms with van der Waals surface area (Å²) in [4.78, 5) is 16.9. The number of benzene rings is 2. The first-order valence-corrected chi connectivity index (χ1v) is 9.76. The van der Waals surface area contributed by atoms with Gasteiger partial charge in [0, 0.05) is 16.8 Å². The maximum atomic E-state index is 14.6. The highest BCUT2D eigenvalue weighted by Crippen LogP contribution is 2.39. The number of nitrogens with zero attached hydrogens (tertiary/aromatic N) is 2. The fraction of sp³-hybridized carbons (Fsp3) is 0.100. The molecule has 0 radical (unpaired) electrons. The summed E-state index contributed by atoms with van der Waals surface area (Å²) in [5.74, 6) is -0.913. The van der Waals surface area contributed by atoms with Crippen LogP contribution in [0.4, 0.5) is 20.3 Å². The molecule has 0 aliphatic carbocycles. The van der Waals surface area contributed by atoms with Gasteiger partial charge < -0.3 is 10.1 Å². The van der Waals surface area contributed by atoms with E-state index in [0.717, 1.165) is 0 Å². The molecule has 4 rings (SSSR count). The van der Waals surface area contributed by atoms with E-state index in [-0.39, 0.29) is 28.5 Å². The summed E-state index contributed by atoms with van der Waals surface area (Å²) in [6, 6.07) is 10.1. The molecule has 0 fully saturated rings. The molecule has 0 atom stereocenters. The Bertz CT molecular complexity index is 1180. The minimum absolute atomic E-state index is 0.00933. The summed E-state index contributed by atoms with van der Waals surface area (Å²) in [5.41, 5.74) is 1.61. The van der Waals surface area contributed by atoms with Crippen LogP contribution in [0, 0.1) is 11.6 Å². The number of anilines is 2. The molecule has 0 aliphatic heterocycles. The molecule has 0 spiro atoms. The van der Waals surface area contributed by atoms with E-state index < -0.39 is 11.8 Å². The third-order valence-electron chi connectivity index (χ3n) is 4.29. The summed E-state index contributed by atoms with van der Waals surface area (Å²) in [6.07, 6.45) is 0.00933. The third-order valence-corrected chi connectivity index (χ3v) is 5.48. The number of thiazole rings is 1. The number of hydrogen-bond donors (Lipinski definition) is 1. The predicted octanol–water partition coefficient (Wildman–Crippen LogP) is 5.45. The van der Waals surface area contributed by atoms with Gasteiger partial charge in [-0.1, -0.05) is 17.7 Å². The van der Waals surface area contributed by atoms with Gasteiger partial charge in [-0.3, -0.25) is 9.20 Å². The van der Waals surface area contributed by atoms with Crippen molar-refractivity contribution in [2.45, 2.75) is 6.42 Å². The second-order valence-corrected chi connectivity index (χ2v) is 7.38. The highest BCUT2D eigenvalue weighted by molar-refractivity contribution is 7.15. The van der Waals surface area contributed by atoms with Crippen LogP contribution < -0.4 is 5.32 Å². The molecule has 0 saturated carbocycles. The van der Waals surface area contributed by atoms with Crippen LogP contribution in [0.5, 0.6) is 0 Å². The molecular formula is C20H14ClF2N3O2S. The van der Waals surface area contributed by atoms with Gasteiger partial charge in [0.2, 0.25) is 0 Å². The molecule has 5 nitrogen and oxygen atoms in total. The molecule has 2 aromatic heterocycles. The first-order valence-electron chi connectivity index (χ1n) is 8.50. The number of rotatable bonds is 5. The van der Waals surface area contributed by atoms with Crippen LogP contribution in [-0.2, 0) is 16.0 Å². The summed E-state index contributed by atoms with van der Waals surface area (Å²) in [7, 11) is 1.31. The lowest BCUT2D eigenvalue weighted by atomic mass is 10.1. The number of esters is 1. The van der Waals surface area contributed by atoms with Gasteiger partial charge in [0.25, 0.3) is 0 Å². The van der Waals surface area contributed by atoms with Crippen LogP contribution >= 0.6 is 22.9 Å². The van der Waals surface area contributed by atoms with Gasteiger partial charge in [0.1, 0.15) is 23.1 Å². The number of halogens is 3. The summed E-state index contributed by atoms with van der Waals surface area (Å²) in [5, 5.41) is 5.14. The Hall–Kier alpha value is -2.97. The topological polar surface area (TPSA) is 55.6 Å². The third kappa shape index (κ3) is 3.68. The van der Waals surface area contributed by atoms with Crippen LogP contribution in [0.15, 0.2) is 47.8 Å². The minimum Gasteiger partial charge on any atom is -0.469 e. The quantitative estimate of drug-likeness (QED) is 0.425. The van der Waals surface area contributed by atoms with Gasteiger partial charge in [-0.15, -0.1) is 11.3 Å². The lowest BCUT2D eigenvalue weighted by Crippen LogP contribution is -2.08. The van der Waals surface area contributed by atoms with Crippen molar-refractivity contribution in [2.75, 3.05) is 12.4 Å². The van der Waals surface area contributed by atoms with Crippen molar-refractivity contribution in [1.29, 1.82) is 0 Å². The van der Waals surface area contributed by atoms with Gasteiger partial charge >= 0.3 is 5.97 Å². The smallest absolute Gasteiger partial charge is 0.311 e. The lowest BCUT2D eigenvalue weighted by Gasteiger charge is -2.11. The number of carbonyl (C=O) groups is 1. The standard InChI is InChI=1S/C20H14ClF2N3O2S/c1-28-16(27)9-13-10-29-20-25-18(17-14(21)3-2-4-15(17)23)19(26(13)20)24-12-7-5-11(22)6-8-12/h2-8,10,24H,9H2,1H3. The Balaban J connectivity index is 1.93. The molecule has 9 heteroatoms. The van der Waals surface area contributed by atoms with E-state index in [9.17, 15) is 13.6 Å². The molecule has 148 valence electrons. The van der Waals surface area contributed by atoms with E-state index >= 15 is 0 Å². The summed E-state index contributed by atoms with van der Waals surface area (Å²) >= 11 is 7.56. The number of ether oxygens (including phenoxy) is 1. The van der Waals surface area contributed by atoms with Crippen molar-refractivity contribution < 1.29 is 18.3 Å². The average Bonchev–Trinajstić information content (AvgIpc) is 3.24. The zero-order valence-electron chi connectivity index (χ0n) is 15.1. The van der Waals surface area contributed by atoms with Crippen LogP contribution in [0.2, 0.25) is 5.02 Å². The van der Waals surface area contributed by atoms with Gasteiger partial charge in [-0.2, -0.15) is 0 Å². The SMILES string of the molecule is COC(=O)Cc1csc2nc(-c3c(F)cccc3Cl)c(Nc3ccc(F)cc3)n12. The van der Waals surface area contributed by atoms with E-state index in [0.29, 0.717) is 22.2 Å². The molecule has 29 heavy (non-hydrogen) atoms. The molecule has 2 heterocycles. The Kier molecular flexibility index (Phi) is 5.21. The van der Waals surface area contributed by atoms with E-state index in [1.165, 1.54) is 42.7 Å². The Morgan fingerprint density at radius 1 is 1.24 bits per heavy atom. The molecular weight excluding hydrogens is 420 g/mol. The fourth-order valence-corrected chi connectivity index (χ4v) is 4.08. The number of aromatic nitrogens is 2. The van der Waals surface area contributed by atoms with E-state index in [4.69, 9.17) is 16.3 Å². The van der Waals surface area contributed by atoms with Gasteiger partial charge in [-0.25, -0.2) is 13.8 Å². The maximum absolute atomic E-state index is 14.6. The van der Waals surface area contributed by atoms with Crippen LogP contribution in [0.3, 0.4) is 0 Å². The molecule has 1 N–H and O–H groups in total. The Labute approximate surface area is 173 Å². The van der Waals surface area contributed by atoms with Crippen molar-refractivity contribution in [1.82, 2.24) is 9.38 Å². The number of imidazole rings is 1. The zero-order chi connectivity index (χ0) is 20.5. The first-order chi connectivity index (χ1) is 14.0. The monoisotopic (exact) mass is 433 g/mol. The van der Waals surface area contributed by atoms with Crippen LogP contribution in [-0.4, -0.2) is 22.5 Å². The lowest BCUT2D eigenvalue weighted by molar-refractivity contribution is -0.139. The van der Waals surface area contributed by atoms with E-state index in [1.54, 1.807) is 28.0 Å². The number of fused-ring (bicyclic) bond motifs is 1. The normalized spacial score (nSPS) is 11.0. The zero-order valence-corrected chi connectivity index (χ0v) is 16.7. The highest BCUT2D eigenvalue weighted by atomic mass is 35.5. The van der Waals surface area contributed by atoms with Gasteiger partial charge in [0.05, 0.1) is 24.1 Å². The molecule has 0 aliphatic rings. The predicted molar refractivity (Wildman–Crippen MR) is 109 cm³/mol. The van der Waals surface area contributed by atoms with Crippen molar-refractivity contribution in [3.63, 3.8) is 0 Å². The summed E-state index contributed by atoms with van der Waals surface area (Å²) < 4.78 is 34.4. The largest absolute Gasteiger partial charge is 0.469 e. The summed E-state index contributed by atoms with van der Waals surface area (Å²) in [6.45, 7) is 0. The number of nitrogens with one attached hydrogen (secondary N) is 1. The van der Waals surface area contributed by atoms with Crippen molar-refractivity contribution in [3.8, 4) is 11.3 Å². The number of carbonyl (C=O) groups excluding carboxylic acids is 1. The molecule has 2 aromatic carbocycles. The second-order valence-electron chi connectivity index (χ2n) is 6.14. The maximum Gasteiger partial charge on any atom is 0.311 e. The molecule has 0 unspecified atom stereocenters. The number of hydrogen-bond acceptors (Lipinski definition) is 5. The highest BCUT2D eigenvalue weighted by Gasteiger charge is 2.23. The molecule has 0 amide bonds. The molecule has 0 saturated heterocycles. The fourth-order valence-electron chi connectivity index (χ4n) is 2.94. The number of methoxy groups -OCH3 is 1. The molecule has 0 bridgehead atoms. The first kappa shape index (κ1) is 19.4. The minimum atomic E-state index is -0.528. The van der Waals surface area contributed by atoms with E-state index in [1.807, 2.05) is 0 Å². The van der Waals surface area contributed by atoms with Gasteiger partial charge in [0.15, 0.2) is 4.96 Å². The average molecular weight is 434 g/mol. The Morgan fingerprint density at radius 2 is 2.00 bits per heavy atom. The van der Waals surface area contributed by atoms with Crippen LogP contribution in [0.25, 0.3) is 16.2 Å². The van der Waals surface area contributed by atoms with Crippen molar-refractivity contribution in [2.24, 2.45) is 0 Å². The van der Waals surface area contributed by atoms with Crippen molar-refractivity contribution in [3.05, 3.63) is 70.2 Å². The van der Waals surface area contributed by atoms with Gasteiger partial charge in [-0.05, 0) is 36.4 Å². The van der Waals surface area contributed by atoms with Crippen LogP contribution in [0.1, 0.15) is 5.69 Å². The van der Waals surface area contributed by atoms with Crippen molar-refractivity contribution >= 4 is 45.4 Å². The van der Waals surface area contributed by atoms with E-state index in [2.05, 4.69) is 10.3 Å². The second kappa shape index (κ2) is 7.81. The molecule has 4 aromatic rings. The Morgan fingerprint density at radius 3 is 2.69 bits per heavy atom.